The Morgan fingerprint density at radius 3 is 2.54 bits per heavy atom. The molecule has 0 aliphatic carbocycles. The molecule has 0 fully saturated rings. The van der Waals surface area contributed by atoms with Gasteiger partial charge in [-0.05, 0) is 29.8 Å². The first-order chi connectivity index (χ1) is 12.6. The molecule has 0 unspecified atom stereocenters. The molecule has 3 aromatic rings. The fourth-order valence-electron chi connectivity index (χ4n) is 2.22. The van der Waals surface area contributed by atoms with Crippen LogP contribution in [0.5, 0.6) is 5.75 Å². The first-order valence-electron chi connectivity index (χ1n) is 7.90. The number of nitrogens with one attached hydrogen (secondary N) is 2. The van der Waals surface area contributed by atoms with Crippen molar-refractivity contribution in [2.45, 2.75) is 6.54 Å². The van der Waals surface area contributed by atoms with Crippen molar-refractivity contribution in [3.63, 3.8) is 0 Å². The summed E-state index contributed by atoms with van der Waals surface area (Å²) in [6.45, 7) is 0.454. The SMILES string of the molecule is COc1cccc(NC(=O)c2cnc(NCc3ccc(F)cc3)nc2)c1. The Bertz CT molecular complexity index is 883. The molecule has 0 aliphatic rings. The number of hydrogen-bond acceptors (Lipinski definition) is 5. The summed E-state index contributed by atoms with van der Waals surface area (Å²) in [5.41, 5.74) is 1.85. The van der Waals surface area contributed by atoms with E-state index in [2.05, 4.69) is 20.6 Å². The molecule has 2 aromatic carbocycles. The van der Waals surface area contributed by atoms with Gasteiger partial charge in [0.25, 0.3) is 5.91 Å². The summed E-state index contributed by atoms with van der Waals surface area (Å²) < 4.78 is 18.0. The second kappa shape index (κ2) is 8.06. The third-order valence-electron chi connectivity index (χ3n) is 3.61. The molecule has 0 spiro atoms. The molecular formula is C19H17FN4O2. The zero-order chi connectivity index (χ0) is 18.4. The van der Waals surface area contributed by atoms with Crippen LogP contribution in [0, 0.1) is 5.82 Å². The van der Waals surface area contributed by atoms with Gasteiger partial charge in [-0.15, -0.1) is 0 Å². The van der Waals surface area contributed by atoms with Crippen LogP contribution in [-0.2, 0) is 6.54 Å². The minimum Gasteiger partial charge on any atom is -0.497 e. The maximum Gasteiger partial charge on any atom is 0.258 e. The van der Waals surface area contributed by atoms with E-state index in [1.54, 1.807) is 43.5 Å². The van der Waals surface area contributed by atoms with Crippen LogP contribution in [0.25, 0.3) is 0 Å². The van der Waals surface area contributed by atoms with Crippen LogP contribution in [0.3, 0.4) is 0 Å². The van der Waals surface area contributed by atoms with Gasteiger partial charge >= 0.3 is 0 Å². The number of aromatic nitrogens is 2. The molecule has 0 aliphatic heterocycles. The molecular weight excluding hydrogens is 335 g/mol. The molecule has 2 N–H and O–H groups in total. The minimum atomic E-state index is -0.316. The van der Waals surface area contributed by atoms with E-state index in [0.29, 0.717) is 29.5 Å². The van der Waals surface area contributed by atoms with Crippen LogP contribution in [-0.4, -0.2) is 23.0 Å². The zero-order valence-electron chi connectivity index (χ0n) is 14.1. The summed E-state index contributed by atoms with van der Waals surface area (Å²) in [6.07, 6.45) is 2.88. The number of amides is 1. The quantitative estimate of drug-likeness (QED) is 0.710. The van der Waals surface area contributed by atoms with Crippen molar-refractivity contribution >= 4 is 17.5 Å². The number of carbonyl (C=O) groups excluding carboxylic acids is 1. The second-order valence-corrected chi connectivity index (χ2v) is 5.46. The Labute approximate surface area is 150 Å². The van der Waals surface area contributed by atoms with Gasteiger partial charge < -0.3 is 15.4 Å². The monoisotopic (exact) mass is 352 g/mol. The van der Waals surface area contributed by atoms with Gasteiger partial charge in [0.15, 0.2) is 0 Å². The molecule has 0 saturated carbocycles. The van der Waals surface area contributed by atoms with Crippen LogP contribution < -0.4 is 15.4 Å². The number of ether oxygens (including phenoxy) is 1. The largest absolute Gasteiger partial charge is 0.497 e. The summed E-state index contributed by atoms with van der Waals surface area (Å²) in [5, 5.41) is 5.78. The lowest BCUT2D eigenvalue weighted by Crippen LogP contribution is -2.13. The van der Waals surface area contributed by atoms with E-state index in [9.17, 15) is 9.18 Å². The maximum atomic E-state index is 12.9. The normalized spacial score (nSPS) is 10.2. The van der Waals surface area contributed by atoms with E-state index in [1.165, 1.54) is 24.5 Å². The number of halogens is 1. The van der Waals surface area contributed by atoms with E-state index in [-0.39, 0.29) is 11.7 Å². The Morgan fingerprint density at radius 1 is 1.12 bits per heavy atom. The van der Waals surface area contributed by atoms with Crippen LogP contribution in [0.2, 0.25) is 0 Å². The summed E-state index contributed by atoms with van der Waals surface area (Å²) in [6, 6.07) is 13.2. The molecule has 6 nitrogen and oxygen atoms in total. The predicted molar refractivity (Wildman–Crippen MR) is 96.7 cm³/mol. The fourth-order valence-corrected chi connectivity index (χ4v) is 2.22. The van der Waals surface area contributed by atoms with Crippen molar-refractivity contribution in [1.29, 1.82) is 0 Å². The lowest BCUT2D eigenvalue weighted by Gasteiger charge is -2.08. The summed E-state index contributed by atoms with van der Waals surface area (Å²) >= 11 is 0. The van der Waals surface area contributed by atoms with Crippen LogP contribution >= 0.6 is 0 Å². The van der Waals surface area contributed by atoms with Crippen LogP contribution in [0.15, 0.2) is 60.9 Å². The number of hydrogen-bond donors (Lipinski definition) is 2. The van der Waals surface area contributed by atoms with E-state index < -0.39 is 0 Å². The highest BCUT2D eigenvalue weighted by atomic mass is 19.1. The summed E-state index contributed by atoms with van der Waals surface area (Å²) in [7, 11) is 1.56. The van der Waals surface area contributed by atoms with Crippen molar-refractivity contribution in [3.8, 4) is 5.75 Å². The third kappa shape index (κ3) is 4.54. The topological polar surface area (TPSA) is 76.1 Å². The molecule has 1 heterocycles. The van der Waals surface area contributed by atoms with Crippen molar-refractivity contribution in [2.24, 2.45) is 0 Å². The smallest absolute Gasteiger partial charge is 0.258 e. The Morgan fingerprint density at radius 2 is 1.85 bits per heavy atom. The average molecular weight is 352 g/mol. The molecule has 7 heteroatoms. The Kier molecular flexibility index (Phi) is 5.38. The Hall–Kier alpha value is -3.48. The fraction of sp³-hybridized carbons (Fsp3) is 0.105. The van der Waals surface area contributed by atoms with Gasteiger partial charge in [-0.1, -0.05) is 18.2 Å². The van der Waals surface area contributed by atoms with Crippen molar-refractivity contribution in [1.82, 2.24) is 9.97 Å². The molecule has 26 heavy (non-hydrogen) atoms. The van der Waals surface area contributed by atoms with Gasteiger partial charge in [0.05, 0.1) is 12.7 Å². The first kappa shape index (κ1) is 17.3. The van der Waals surface area contributed by atoms with Crippen molar-refractivity contribution < 1.29 is 13.9 Å². The van der Waals surface area contributed by atoms with Gasteiger partial charge in [-0.3, -0.25) is 4.79 Å². The average Bonchev–Trinajstić information content (AvgIpc) is 2.68. The van der Waals surface area contributed by atoms with Gasteiger partial charge in [0, 0.05) is 30.7 Å². The molecule has 0 bridgehead atoms. The van der Waals surface area contributed by atoms with E-state index in [4.69, 9.17) is 4.74 Å². The molecule has 132 valence electrons. The summed E-state index contributed by atoms with van der Waals surface area (Å²) in [4.78, 5) is 20.5. The highest BCUT2D eigenvalue weighted by molar-refractivity contribution is 6.03. The number of methoxy groups -OCH3 is 1. The third-order valence-corrected chi connectivity index (χ3v) is 3.61. The first-order valence-corrected chi connectivity index (χ1v) is 7.90. The zero-order valence-corrected chi connectivity index (χ0v) is 14.1. The summed E-state index contributed by atoms with van der Waals surface area (Å²) in [5.74, 6) is 0.436. The number of rotatable bonds is 6. The number of anilines is 2. The minimum absolute atomic E-state index is 0.281. The lowest BCUT2D eigenvalue weighted by atomic mass is 10.2. The predicted octanol–water partition coefficient (Wildman–Crippen LogP) is 3.49. The van der Waals surface area contributed by atoms with E-state index in [1.807, 2.05) is 0 Å². The standard InChI is InChI=1S/C19H17FN4O2/c1-26-17-4-2-3-16(9-17)24-18(25)14-11-22-19(23-12-14)21-10-13-5-7-15(20)8-6-13/h2-9,11-12H,10H2,1H3,(H,24,25)(H,21,22,23). The molecule has 1 amide bonds. The van der Waals surface area contributed by atoms with Crippen LogP contribution in [0.4, 0.5) is 16.0 Å². The van der Waals surface area contributed by atoms with Gasteiger partial charge in [-0.2, -0.15) is 0 Å². The van der Waals surface area contributed by atoms with E-state index >= 15 is 0 Å². The number of benzene rings is 2. The highest BCUT2D eigenvalue weighted by Crippen LogP contribution is 2.17. The van der Waals surface area contributed by atoms with Gasteiger partial charge in [0.1, 0.15) is 11.6 Å². The Balaban J connectivity index is 1.59. The molecule has 0 atom stereocenters. The molecule has 3 rings (SSSR count). The number of nitrogens with zero attached hydrogens (tertiary/aromatic N) is 2. The van der Waals surface area contributed by atoms with Gasteiger partial charge in [0.2, 0.25) is 5.95 Å². The maximum absolute atomic E-state index is 12.9. The van der Waals surface area contributed by atoms with Crippen LogP contribution in [0.1, 0.15) is 15.9 Å². The van der Waals surface area contributed by atoms with Gasteiger partial charge in [-0.25, -0.2) is 14.4 Å². The van der Waals surface area contributed by atoms with Crippen molar-refractivity contribution in [2.75, 3.05) is 17.7 Å². The second-order valence-electron chi connectivity index (χ2n) is 5.46. The molecule has 1 aromatic heterocycles. The molecule has 0 saturated heterocycles. The van der Waals surface area contributed by atoms with Crippen molar-refractivity contribution in [3.05, 3.63) is 77.9 Å². The lowest BCUT2D eigenvalue weighted by molar-refractivity contribution is 0.102. The number of carbonyl (C=O) groups is 1. The molecule has 0 radical (unpaired) electrons. The van der Waals surface area contributed by atoms with E-state index in [0.717, 1.165) is 5.56 Å². The highest BCUT2D eigenvalue weighted by Gasteiger charge is 2.08.